The molecule has 12 rings (SSSR count). The van der Waals surface area contributed by atoms with Crippen molar-refractivity contribution in [2.24, 2.45) is 0 Å². The first kappa shape index (κ1) is 53.1. The first-order valence-electron chi connectivity index (χ1n) is 30.0. The van der Waals surface area contributed by atoms with Gasteiger partial charge in [0.1, 0.15) is 0 Å². The van der Waals surface area contributed by atoms with Crippen molar-refractivity contribution in [3.05, 3.63) is 241 Å². The standard InChI is InChI=1S/C75H81B2NSi/c1-44(2)54-39-57(46(5)6)73(58(40-54)47(7)8)76-65-31-21-22-32-66(65)77(74-59(48(9)10)41-55(45(3)4)42-60(74)49(11)12)68-43-56(37-38-67(68)76)78-69-33-23-17-27-61(69)75(62-28-18-24-34-70(62)78)63-29-19-25-35-71(63)79(72-36-26-20-30-64(72)75)52(15)50(13)51(14)53(79)16/h17-49H,1-16H3. The summed E-state index contributed by atoms with van der Waals surface area (Å²) in [5.74, 6) is 2.24. The molecular formula is C75H81B2NSi. The molecule has 0 fully saturated rings. The molecule has 0 N–H and O–H groups in total. The van der Waals surface area contributed by atoms with Crippen LogP contribution in [0.4, 0.5) is 17.1 Å². The molecule has 0 amide bonds. The van der Waals surface area contributed by atoms with Gasteiger partial charge < -0.3 is 4.90 Å². The van der Waals surface area contributed by atoms with Crippen LogP contribution in [0.3, 0.4) is 0 Å². The third-order valence-electron chi connectivity index (χ3n) is 19.9. The number of nitrogens with zero attached hydrogens (tertiary/aromatic N) is 1. The molecule has 0 unspecified atom stereocenters. The molecule has 1 nitrogen and oxygen atoms in total. The zero-order chi connectivity index (χ0) is 55.7. The molecule has 0 radical (unpaired) electrons. The van der Waals surface area contributed by atoms with Crippen LogP contribution in [0.5, 0.6) is 0 Å². The van der Waals surface area contributed by atoms with Gasteiger partial charge in [0.2, 0.25) is 13.4 Å². The molecule has 2 spiro atoms. The third-order valence-corrected chi connectivity index (χ3v) is 25.4. The summed E-state index contributed by atoms with van der Waals surface area (Å²) in [7, 11) is -2.57. The van der Waals surface area contributed by atoms with Crippen molar-refractivity contribution in [2.75, 3.05) is 4.90 Å². The van der Waals surface area contributed by atoms with E-state index in [1.54, 1.807) is 10.4 Å². The van der Waals surface area contributed by atoms with Crippen molar-refractivity contribution in [1.29, 1.82) is 0 Å². The van der Waals surface area contributed by atoms with E-state index in [9.17, 15) is 0 Å². The molecule has 0 aliphatic carbocycles. The summed E-state index contributed by atoms with van der Waals surface area (Å²) in [6, 6.07) is 66.0. The lowest BCUT2D eigenvalue weighted by molar-refractivity contribution is 0.735. The minimum atomic E-state index is -2.57. The Kier molecular flexibility index (Phi) is 13.2. The predicted octanol–water partition coefficient (Wildman–Crippen LogP) is 14.6. The molecule has 0 bridgehead atoms. The van der Waals surface area contributed by atoms with E-state index >= 15 is 0 Å². The Balaban J connectivity index is 1.18. The molecule has 4 aliphatic rings. The summed E-state index contributed by atoms with van der Waals surface area (Å²) < 4.78 is 0. The lowest BCUT2D eigenvalue weighted by Gasteiger charge is -2.53. The zero-order valence-electron chi connectivity index (χ0n) is 50.2. The van der Waals surface area contributed by atoms with Crippen molar-refractivity contribution >= 4 is 81.7 Å². The van der Waals surface area contributed by atoms with E-state index in [1.807, 2.05) is 0 Å². The monoisotopic (exact) mass is 1050 g/mol. The van der Waals surface area contributed by atoms with Gasteiger partial charge in [-0.05, 0) is 153 Å². The second kappa shape index (κ2) is 19.6. The van der Waals surface area contributed by atoms with Crippen LogP contribution in [0.15, 0.2) is 185 Å². The Hall–Kier alpha value is -6.61. The molecule has 8 aromatic carbocycles. The number of allylic oxidation sites excluding steroid dienone is 4. The summed E-state index contributed by atoms with van der Waals surface area (Å²) in [6.45, 7) is 38.6. The van der Waals surface area contributed by atoms with Gasteiger partial charge in [-0.3, -0.25) is 0 Å². The Bertz CT molecular complexity index is 3660. The number of rotatable bonds is 9. The second-order valence-corrected chi connectivity index (χ2v) is 30.0. The van der Waals surface area contributed by atoms with Gasteiger partial charge in [-0.2, -0.15) is 0 Å². The summed E-state index contributed by atoms with van der Waals surface area (Å²) in [5, 5.41) is 6.23. The maximum Gasteiger partial charge on any atom is 0.240 e. The van der Waals surface area contributed by atoms with Gasteiger partial charge in [0.25, 0.3) is 0 Å². The van der Waals surface area contributed by atoms with E-state index < -0.39 is 13.5 Å². The predicted molar refractivity (Wildman–Crippen MR) is 348 cm³/mol. The topological polar surface area (TPSA) is 3.24 Å². The second-order valence-electron chi connectivity index (χ2n) is 25.9. The van der Waals surface area contributed by atoms with Crippen LogP contribution in [0.2, 0.25) is 0 Å². The largest absolute Gasteiger partial charge is 0.310 e. The molecule has 0 saturated carbocycles. The highest BCUT2D eigenvalue weighted by Gasteiger charge is 2.59. The van der Waals surface area contributed by atoms with Crippen LogP contribution in [-0.4, -0.2) is 21.5 Å². The highest BCUT2D eigenvalue weighted by atomic mass is 28.3. The molecule has 0 atom stereocenters. The van der Waals surface area contributed by atoms with Crippen LogP contribution in [0.1, 0.15) is 202 Å². The first-order valence-corrected chi connectivity index (χ1v) is 32.0. The van der Waals surface area contributed by atoms with E-state index in [0.717, 1.165) is 0 Å². The Morgan fingerprint density at radius 3 is 1.09 bits per heavy atom. The fraction of sp³-hybridized carbons (Fsp3) is 0.307. The van der Waals surface area contributed by atoms with Crippen molar-refractivity contribution in [3.8, 4) is 0 Å². The van der Waals surface area contributed by atoms with Crippen molar-refractivity contribution in [3.63, 3.8) is 0 Å². The Morgan fingerprint density at radius 1 is 0.354 bits per heavy atom. The Labute approximate surface area is 476 Å². The van der Waals surface area contributed by atoms with Crippen molar-refractivity contribution in [1.82, 2.24) is 0 Å². The van der Waals surface area contributed by atoms with Crippen LogP contribution in [-0.2, 0) is 5.41 Å². The number of hydrogen-bond acceptors (Lipinski definition) is 1. The molecule has 8 aromatic rings. The molecule has 396 valence electrons. The highest BCUT2D eigenvalue weighted by molar-refractivity contribution is 7.14. The average molecular weight is 1050 g/mol. The molecule has 4 heteroatoms. The summed E-state index contributed by atoms with van der Waals surface area (Å²) in [5.41, 5.74) is 29.2. The average Bonchev–Trinajstić information content (AvgIpc) is 3.27. The highest BCUT2D eigenvalue weighted by Crippen LogP contribution is 2.59. The molecule has 4 heterocycles. The molecular weight excluding hydrogens is 965 g/mol. The Morgan fingerprint density at radius 2 is 0.696 bits per heavy atom. The maximum absolute atomic E-state index is 2.67. The molecule has 79 heavy (non-hydrogen) atoms. The molecule has 0 aromatic heterocycles. The van der Waals surface area contributed by atoms with Gasteiger partial charge in [-0.1, -0.05) is 277 Å². The van der Waals surface area contributed by atoms with Gasteiger partial charge in [-0.15, -0.1) is 0 Å². The fourth-order valence-corrected chi connectivity index (χ4v) is 21.8. The third kappa shape index (κ3) is 7.55. The van der Waals surface area contributed by atoms with Crippen LogP contribution in [0.25, 0.3) is 0 Å². The van der Waals surface area contributed by atoms with E-state index in [1.165, 1.54) is 127 Å². The normalized spacial score (nSPS) is 15.8. The minimum absolute atomic E-state index is 0.0177. The summed E-state index contributed by atoms with van der Waals surface area (Å²) in [6.07, 6.45) is 0. The summed E-state index contributed by atoms with van der Waals surface area (Å²) >= 11 is 0. The van der Waals surface area contributed by atoms with Gasteiger partial charge in [-0.25, -0.2) is 0 Å². The van der Waals surface area contributed by atoms with Gasteiger partial charge in [0, 0.05) is 5.69 Å². The number of benzene rings is 8. The number of fused-ring (bicyclic) bond motifs is 12. The van der Waals surface area contributed by atoms with Gasteiger partial charge >= 0.3 is 0 Å². The lowest BCUT2D eigenvalue weighted by atomic mass is 9.20. The zero-order valence-corrected chi connectivity index (χ0v) is 51.2. The van der Waals surface area contributed by atoms with Gasteiger partial charge in [0.15, 0.2) is 8.07 Å². The van der Waals surface area contributed by atoms with E-state index in [2.05, 4.69) is 279 Å². The molecule has 4 aliphatic heterocycles. The first-order chi connectivity index (χ1) is 37.9. The number of para-hydroxylation sites is 2. The van der Waals surface area contributed by atoms with Gasteiger partial charge in [0.05, 0.1) is 16.8 Å². The van der Waals surface area contributed by atoms with E-state index in [0.29, 0.717) is 35.5 Å². The van der Waals surface area contributed by atoms with Crippen LogP contribution >= 0.6 is 0 Å². The maximum atomic E-state index is 2.67. The van der Waals surface area contributed by atoms with Crippen LogP contribution in [0, 0.1) is 0 Å². The van der Waals surface area contributed by atoms with E-state index in [4.69, 9.17) is 0 Å². The lowest BCUT2D eigenvalue weighted by Crippen LogP contribution is -2.76. The molecule has 0 saturated heterocycles. The quantitative estimate of drug-likeness (QED) is 0.130. The number of hydrogen-bond donors (Lipinski definition) is 0. The SMILES string of the molecule is CC1=C(C)[Si]2(C(C)=C1C)c1ccccc1C1(c3ccccc3N(c3ccc4c(c3)B(c3c(C(C)C)cc(C(C)C)cc3C(C)C)c3ccccc3B4c3c(C(C)C)cc(C(C)C)cc3C(C)C)c3ccccc31)c1ccccc12. The van der Waals surface area contributed by atoms with E-state index in [-0.39, 0.29) is 13.4 Å². The minimum Gasteiger partial charge on any atom is -0.310 e. The van der Waals surface area contributed by atoms with Crippen molar-refractivity contribution < 1.29 is 0 Å². The number of anilines is 3. The smallest absolute Gasteiger partial charge is 0.240 e. The summed E-state index contributed by atoms with van der Waals surface area (Å²) in [4.78, 5) is 2.65. The van der Waals surface area contributed by atoms with Crippen LogP contribution < -0.4 is 48.1 Å². The fourth-order valence-electron chi connectivity index (χ4n) is 15.8. The van der Waals surface area contributed by atoms with Crippen molar-refractivity contribution in [2.45, 2.75) is 152 Å².